The maximum Gasteiger partial charge on any atom is 0.235 e. The van der Waals surface area contributed by atoms with Crippen molar-refractivity contribution >= 4 is 23.5 Å². The van der Waals surface area contributed by atoms with E-state index < -0.39 is 11.6 Å². The number of hydrogen-bond donors (Lipinski definition) is 1. The molecule has 0 unspecified atom stereocenters. The van der Waals surface area contributed by atoms with Crippen LogP contribution in [-0.4, -0.2) is 21.4 Å². The molecule has 3 rings (SSSR count). The number of aryl methyl sites for hydroxylation is 1. The summed E-state index contributed by atoms with van der Waals surface area (Å²) in [6.07, 6.45) is 2.60. The van der Waals surface area contributed by atoms with Gasteiger partial charge in [-0.3, -0.25) is 4.79 Å². The number of amides is 1. The van der Waals surface area contributed by atoms with Gasteiger partial charge in [0.15, 0.2) is 0 Å². The maximum absolute atomic E-state index is 13.6. The normalized spacial score (nSPS) is 10.8. The first-order valence-corrected chi connectivity index (χ1v) is 9.51. The number of aromatic nitrogens is 2. The molecule has 0 saturated carbocycles. The van der Waals surface area contributed by atoms with Gasteiger partial charge < -0.3 is 5.32 Å². The van der Waals surface area contributed by atoms with Crippen molar-refractivity contribution in [1.29, 1.82) is 0 Å². The van der Waals surface area contributed by atoms with Gasteiger partial charge in [-0.25, -0.2) is 13.5 Å². The fraction of sp³-hybridized carbons (Fsp3) is 0.200. The molecule has 0 aliphatic rings. The lowest BCUT2D eigenvalue weighted by molar-refractivity contribution is -0.113. The van der Waals surface area contributed by atoms with Gasteiger partial charge in [0.2, 0.25) is 5.91 Å². The molecule has 0 atom stereocenters. The Balaban J connectivity index is 1.59. The fourth-order valence-electron chi connectivity index (χ4n) is 2.53. The zero-order valence-electron chi connectivity index (χ0n) is 14.8. The average Bonchev–Trinajstić information content (AvgIpc) is 3.08. The largest absolute Gasteiger partial charge is 0.310 e. The van der Waals surface area contributed by atoms with Crippen LogP contribution < -0.4 is 5.32 Å². The lowest BCUT2D eigenvalue weighted by atomic mass is 10.1. The molecular weight excluding hydrogens is 368 g/mol. The number of nitrogens with one attached hydrogen (secondary N) is 1. The number of halogens is 2. The van der Waals surface area contributed by atoms with Gasteiger partial charge in [0.05, 0.1) is 18.5 Å². The quantitative estimate of drug-likeness (QED) is 0.607. The highest BCUT2D eigenvalue weighted by Gasteiger charge is 2.11. The van der Waals surface area contributed by atoms with E-state index >= 15 is 0 Å². The topological polar surface area (TPSA) is 46.9 Å². The van der Waals surface area contributed by atoms with Crippen molar-refractivity contribution in [2.75, 3.05) is 11.1 Å². The number of rotatable bonds is 7. The molecule has 2 aromatic carbocycles. The zero-order chi connectivity index (χ0) is 19.2. The monoisotopic (exact) mass is 387 g/mol. The van der Waals surface area contributed by atoms with Gasteiger partial charge in [0.25, 0.3) is 0 Å². The van der Waals surface area contributed by atoms with E-state index in [9.17, 15) is 13.6 Å². The number of carbonyl (C=O) groups excluding carboxylic acids is 1. The molecule has 1 N–H and O–H groups in total. The summed E-state index contributed by atoms with van der Waals surface area (Å²) < 4.78 is 28.3. The van der Waals surface area contributed by atoms with Crippen LogP contribution in [0.3, 0.4) is 0 Å². The summed E-state index contributed by atoms with van der Waals surface area (Å²) in [5.74, 6) is -1.02. The molecular formula is C20H19F2N3OS. The minimum Gasteiger partial charge on any atom is -0.310 e. The van der Waals surface area contributed by atoms with E-state index in [1.165, 1.54) is 17.7 Å². The second kappa shape index (κ2) is 8.81. The van der Waals surface area contributed by atoms with Gasteiger partial charge in [-0.05, 0) is 29.7 Å². The van der Waals surface area contributed by atoms with Crippen LogP contribution in [0.5, 0.6) is 0 Å². The van der Waals surface area contributed by atoms with Crippen molar-refractivity contribution in [3.05, 3.63) is 77.5 Å². The number of carbonyl (C=O) groups is 1. The molecule has 1 heterocycles. The summed E-state index contributed by atoms with van der Waals surface area (Å²) >= 11 is 1.02. The molecule has 0 fully saturated rings. The smallest absolute Gasteiger partial charge is 0.235 e. The van der Waals surface area contributed by atoms with Gasteiger partial charge in [-0.1, -0.05) is 31.2 Å². The van der Waals surface area contributed by atoms with Gasteiger partial charge >= 0.3 is 0 Å². The van der Waals surface area contributed by atoms with Gasteiger partial charge in [-0.2, -0.15) is 5.10 Å². The van der Waals surface area contributed by atoms with Crippen LogP contribution in [0.2, 0.25) is 0 Å². The van der Waals surface area contributed by atoms with Crippen LogP contribution in [0.15, 0.2) is 59.6 Å². The molecule has 0 bridgehead atoms. The Hall–Kier alpha value is -2.67. The highest BCUT2D eigenvalue weighted by Crippen LogP contribution is 2.22. The third-order valence-corrected chi connectivity index (χ3v) is 5.05. The van der Waals surface area contributed by atoms with Crippen LogP contribution in [0.4, 0.5) is 14.6 Å². The lowest BCUT2D eigenvalue weighted by Crippen LogP contribution is -2.18. The molecule has 1 amide bonds. The molecule has 0 saturated heterocycles. The molecule has 0 aliphatic carbocycles. The minimum absolute atomic E-state index is 0.0128. The highest BCUT2D eigenvalue weighted by atomic mass is 32.2. The summed E-state index contributed by atoms with van der Waals surface area (Å²) in [4.78, 5) is 12.4. The Kier molecular flexibility index (Phi) is 6.24. The van der Waals surface area contributed by atoms with Crippen LogP contribution in [-0.2, 0) is 17.8 Å². The van der Waals surface area contributed by atoms with Gasteiger partial charge in [-0.15, -0.1) is 11.8 Å². The van der Waals surface area contributed by atoms with E-state index in [0.717, 1.165) is 29.8 Å². The summed E-state index contributed by atoms with van der Waals surface area (Å²) in [7, 11) is 0. The van der Waals surface area contributed by atoms with E-state index in [4.69, 9.17) is 0 Å². The number of benzene rings is 2. The Bertz CT molecular complexity index is 925. The minimum atomic E-state index is -0.673. The Labute approximate surface area is 160 Å². The lowest BCUT2D eigenvalue weighted by Gasteiger charge is -2.10. The first kappa shape index (κ1) is 19.1. The SMILES string of the molecule is CCc1ccc(Cn2nccc2NC(=O)CSc2ccc(F)cc2F)cc1. The first-order valence-electron chi connectivity index (χ1n) is 8.52. The van der Waals surface area contributed by atoms with Crippen LogP contribution in [0.1, 0.15) is 18.1 Å². The average molecular weight is 387 g/mol. The Morgan fingerprint density at radius 2 is 1.85 bits per heavy atom. The number of nitrogens with zero attached hydrogens (tertiary/aromatic N) is 2. The first-order chi connectivity index (χ1) is 13.0. The second-order valence-corrected chi connectivity index (χ2v) is 6.97. The van der Waals surface area contributed by atoms with Gasteiger partial charge in [0, 0.05) is 17.0 Å². The van der Waals surface area contributed by atoms with Crippen LogP contribution in [0.25, 0.3) is 0 Å². The van der Waals surface area contributed by atoms with Crippen molar-refractivity contribution < 1.29 is 13.6 Å². The van der Waals surface area contributed by atoms with E-state index in [-0.39, 0.29) is 16.6 Å². The predicted octanol–water partition coefficient (Wildman–Crippen LogP) is 4.50. The van der Waals surface area contributed by atoms with Crippen molar-refractivity contribution in [1.82, 2.24) is 9.78 Å². The molecule has 27 heavy (non-hydrogen) atoms. The van der Waals surface area contributed by atoms with Crippen LogP contribution >= 0.6 is 11.8 Å². The Morgan fingerprint density at radius 3 is 2.56 bits per heavy atom. The van der Waals surface area contributed by atoms with E-state index in [1.54, 1.807) is 16.9 Å². The van der Waals surface area contributed by atoms with E-state index in [1.807, 2.05) is 12.1 Å². The third-order valence-electron chi connectivity index (χ3n) is 4.00. The number of anilines is 1. The van der Waals surface area contributed by atoms with Crippen molar-refractivity contribution in [2.45, 2.75) is 24.8 Å². The van der Waals surface area contributed by atoms with Gasteiger partial charge in [0.1, 0.15) is 17.5 Å². The molecule has 7 heteroatoms. The van der Waals surface area contributed by atoms with E-state index in [2.05, 4.69) is 29.5 Å². The summed E-state index contributed by atoms with van der Waals surface area (Å²) in [6, 6.07) is 13.2. The highest BCUT2D eigenvalue weighted by molar-refractivity contribution is 8.00. The Morgan fingerprint density at radius 1 is 1.11 bits per heavy atom. The van der Waals surface area contributed by atoms with Crippen LogP contribution in [0, 0.1) is 11.6 Å². The molecule has 140 valence electrons. The summed E-state index contributed by atoms with van der Waals surface area (Å²) in [5, 5.41) is 7.02. The fourth-order valence-corrected chi connectivity index (χ4v) is 3.25. The standard InChI is InChI=1S/C20H19F2N3OS/c1-2-14-3-5-15(6-4-14)12-25-19(9-10-23-25)24-20(26)13-27-18-8-7-16(21)11-17(18)22/h3-11H,2,12-13H2,1H3,(H,24,26). The van der Waals surface area contributed by atoms with Crippen molar-refractivity contribution in [3.8, 4) is 0 Å². The predicted molar refractivity (Wildman–Crippen MR) is 103 cm³/mol. The van der Waals surface area contributed by atoms with Crippen molar-refractivity contribution in [2.24, 2.45) is 0 Å². The number of thioether (sulfide) groups is 1. The third kappa shape index (κ3) is 5.17. The maximum atomic E-state index is 13.6. The molecule has 1 aromatic heterocycles. The molecule has 3 aromatic rings. The molecule has 0 aliphatic heterocycles. The van der Waals surface area contributed by atoms with Crippen molar-refractivity contribution in [3.63, 3.8) is 0 Å². The zero-order valence-corrected chi connectivity index (χ0v) is 15.6. The van der Waals surface area contributed by atoms with E-state index in [0.29, 0.717) is 12.4 Å². The molecule has 0 radical (unpaired) electrons. The summed E-state index contributed by atoms with van der Waals surface area (Å²) in [6.45, 7) is 2.64. The second-order valence-electron chi connectivity index (χ2n) is 5.96. The number of hydrogen-bond acceptors (Lipinski definition) is 3. The molecule has 4 nitrogen and oxygen atoms in total. The summed E-state index contributed by atoms with van der Waals surface area (Å²) in [5.41, 5.74) is 2.34. The molecule has 0 spiro atoms.